The smallest absolute Gasteiger partial charge is 0.410 e. The molecule has 1 amide bonds. The Balaban J connectivity index is 1.65. The lowest BCUT2D eigenvalue weighted by Crippen LogP contribution is -2.49. The van der Waals surface area contributed by atoms with Crippen LogP contribution in [-0.2, 0) is 9.47 Å². The summed E-state index contributed by atoms with van der Waals surface area (Å²) in [6, 6.07) is 7.48. The van der Waals surface area contributed by atoms with Crippen LogP contribution in [0.2, 0.25) is 0 Å². The maximum Gasteiger partial charge on any atom is 0.410 e. The molecule has 2 fully saturated rings. The first kappa shape index (κ1) is 17.8. The average molecular weight is 345 g/mol. The van der Waals surface area contributed by atoms with E-state index < -0.39 is 5.60 Å². The number of hydrogen-bond acceptors (Lipinski definition) is 4. The van der Waals surface area contributed by atoms with E-state index in [0.29, 0.717) is 11.5 Å². The van der Waals surface area contributed by atoms with Crippen LogP contribution in [0.1, 0.15) is 56.0 Å². The number of rotatable bonds is 3. The normalized spacial score (nSPS) is 25.1. The fourth-order valence-corrected chi connectivity index (χ4v) is 3.92. The van der Waals surface area contributed by atoms with Crippen molar-refractivity contribution in [3.05, 3.63) is 35.4 Å². The first-order chi connectivity index (χ1) is 11.7. The number of amides is 1. The van der Waals surface area contributed by atoms with E-state index in [1.165, 1.54) is 0 Å². The van der Waals surface area contributed by atoms with Crippen molar-refractivity contribution in [3.63, 3.8) is 0 Å². The molecule has 1 aliphatic carbocycles. The number of carbonyl (C=O) groups is 2. The summed E-state index contributed by atoms with van der Waals surface area (Å²) in [6.07, 6.45) is 2.77. The van der Waals surface area contributed by atoms with Gasteiger partial charge in [0, 0.05) is 6.04 Å². The van der Waals surface area contributed by atoms with Crippen LogP contribution in [-0.4, -0.2) is 41.3 Å². The van der Waals surface area contributed by atoms with Crippen molar-refractivity contribution >= 4 is 12.1 Å². The number of hydrogen-bond donors (Lipinski definition) is 0. The van der Waals surface area contributed by atoms with E-state index in [1.807, 2.05) is 50.8 Å². The van der Waals surface area contributed by atoms with Gasteiger partial charge in [0.05, 0.1) is 11.6 Å². The fraction of sp³-hybridized carbons (Fsp3) is 0.600. The minimum absolute atomic E-state index is 0.0811. The Morgan fingerprint density at radius 2 is 2.00 bits per heavy atom. The minimum atomic E-state index is -0.526. The molecular weight excluding hydrogens is 318 g/mol. The number of fused-ring (bicyclic) bond motifs is 2. The van der Waals surface area contributed by atoms with E-state index in [1.54, 1.807) is 6.07 Å². The molecular formula is C20H27NO4. The number of aryl methyl sites for hydroxylation is 1. The maximum absolute atomic E-state index is 12.6. The number of benzene rings is 1. The third kappa shape index (κ3) is 3.97. The van der Waals surface area contributed by atoms with E-state index in [9.17, 15) is 9.59 Å². The van der Waals surface area contributed by atoms with Crippen molar-refractivity contribution in [2.75, 3.05) is 6.61 Å². The van der Waals surface area contributed by atoms with Gasteiger partial charge in [-0.3, -0.25) is 4.90 Å². The van der Waals surface area contributed by atoms with Crippen LogP contribution < -0.4 is 0 Å². The summed E-state index contributed by atoms with van der Waals surface area (Å²) in [5, 5.41) is 0. The molecule has 5 nitrogen and oxygen atoms in total. The van der Waals surface area contributed by atoms with Gasteiger partial charge in [0.2, 0.25) is 0 Å². The van der Waals surface area contributed by atoms with E-state index >= 15 is 0 Å². The molecule has 0 unspecified atom stereocenters. The summed E-state index contributed by atoms with van der Waals surface area (Å²) >= 11 is 0. The second-order valence-electron chi connectivity index (χ2n) is 8.15. The van der Waals surface area contributed by atoms with Gasteiger partial charge in [-0.1, -0.05) is 17.7 Å². The van der Waals surface area contributed by atoms with E-state index in [-0.39, 0.29) is 30.8 Å². The molecule has 0 N–H and O–H groups in total. The highest BCUT2D eigenvalue weighted by Crippen LogP contribution is 2.43. The molecule has 0 spiro atoms. The van der Waals surface area contributed by atoms with Crippen molar-refractivity contribution < 1.29 is 19.1 Å². The third-order valence-corrected chi connectivity index (χ3v) is 4.98. The summed E-state index contributed by atoms with van der Waals surface area (Å²) in [7, 11) is 0. The summed E-state index contributed by atoms with van der Waals surface area (Å²) in [6.45, 7) is 7.77. The Morgan fingerprint density at radius 1 is 1.24 bits per heavy atom. The molecule has 2 bridgehead atoms. The highest BCUT2D eigenvalue weighted by Gasteiger charge is 2.49. The Bertz CT molecular complexity index is 664. The zero-order chi connectivity index (χ0) is 18.2. The number of ether oxygens (including phenoxy) is 2. The zero-order valence-corrected chi connectivity index (χ0v) is 15.5. The van der Waals surface area contributed by atoms with Gasteiger partial charge in [0.25, 0.3) is 0 Å². The molecule has 1 saturated carbocycles. The highest BCUT2D eigenvalue weighted by molar-refractivity contribution is 5.89. The Kier molecular flexibility index (Phi) is 4.76. The molecule has 0 radical (unpaired) electrons. The Hall–Kier alpha value is -2.04. The topological polar surface area (TPSA) is 55.8 Å². The monoisotopic (exact) mass is 345 g/mol. The van der Waals surface area contributed by atoms with Gasteiger partial charge in [-0.15, -0.1) is 0 Å². The number of likely N-dealkylation sites (tertiary alicyclic amines) is 1. The predicted octanol–water partition coefficient (Wildman–Crippen LogP) is 3.94. The summed E-state index contributed by atoms with van der Waals surface area (Å²) < 4.78 is 11.1. The molecule has 25 heavy (non-hydrogen) atoms. The van der Waals surface area contributed by atoms with Gasteiger partial charge in [-0.05, 0) is 65.0 Å². The van der Waals surface area contributed by atoms with Crippen molar-refractivity contribution in [2.24, 2.45) is 5.92 Å². The van der Waals surface area contributed by atoms with Crippen molar-refractivity contribution in [2.45, 2.75) is 64.6 Å². The van der Waals surface area contributed by atoms with Crippen LogP contribution in [0.3, 0.4) is 0 Å². The summed E-state index contributed by atoms with van der Waals surface area (Å²) in [4.78, 5) is 26.7. The lowest BCUT2D eigenvalue weighted by Gasteiger charge is -2.36. The molecule has 1 aromatic rings. The van der Waals surface area contributed by atoms with Gasteiger partial charge < -0.3 is 9.47 Å². The first-order valence-electron chi connectivity index (χ1n) is 9.00. The van der Waals surface area contributed by atoms with Crippen LogP contribution in [0, 0.1) is 12.8 Å². The zero-order valence-electron chi connectivity index (χ0n) is 15.5. The molecule has 1 aromatic carbocycles. The summed E-state index contributed by atoms with van der Waals surface area (Å²) in [5.41, 5.74) is 1.04. The standard InChI is InChI=1S/C20H27NO4/c1-13-6-5-7-15(10-13)18(22)24-12-17-14-8-9-16(11-14)21(17)19(23)25-20(2,3)4/h5-7,10,14,16-17H,8-9,11-12H2,1-4H3/t14-,16+,17+/m0/s1. The van der Waals surface area contributed by atoms with Gasteiger partial charge in [-0.2, -0.15) is 0 Å². The van der Waals surface area contributed by atoms with Crippen molar-refractivity contribution in [3.8, 4) is 0 Å². The van der Waals surface area contributed by atoms with Gasteiger partial charge in [0.15, 0.2) is 0 Å². The van der Waals surface area contributed by atoms with Crippen LogP contribution in [0.4, 0.5) is 4.79 Å². The molecule has 5 heteroatoms. The largest absolute Gasteiger partial charge is 0.460 e. The van der Waals surface area contributed by atoms with Crippen molar-refractivity contribution in [1.82, 2.24) is 4.90 Å². The Labute approximate surface area is 149 Å². The van der Waals surface area contributed by atoms with Crippen LogP contribution in [0.5, 0.6) is 0 Å². The molecule has 1 heterocycles. The number of esters is 1. The SMILES string of the molecule is Cc1cccc(C(=O)OC[C@@H]2[C@H]3CC[C@H](C3)N2C(=O)OC(C)(C)C)c1. The molecule has 1 aliphatic heterocycles. The quantitative estimate of drug-likeness (QED) is 0.779. The summed E-state index contributed by atoms with van der Waals surface area (Å²) in [5.74, 6) is 0.0541. The number of carbonyl (C=O) groups excluding carboxylic acids is 2. The van der Waals surface area contributed by atoms with E-state index in [4.69, 9.17) is 9.47 Å². The predicted molar refractivity (Wildman–Crippen MR) is 94.5 cm³/mol. The lowest BCUT2D eigenvalue weighted by atomic mass is 10.00. The highest BCUT2D eigenvalue weighted by atomic mass is 16.6. The van der Waals surface area contributed by atoms with E-state index in [0.717, 1.165) is 24.8 Å². The molecule has 2 aliphatic rings. The number of piperidine rings is 1. The maximum atomic E-state index is 12.6. The van der Waals surface area contributed by atoms with Crippen molar-refractivity contribution in [1.29, 1.82) is 0 Å². The second-order valence-corrected chi connectivity index (χ2v) is 8.15. The molecule has 136 valence electrons. The van der Waals surface area contributed by atoms with Gasteiger partial charge in [-0.25, -0.2) is 9.59 Å². The van der Waals surface area contributed by atoms with Gasteiger partial charge >= 0.3 is 12.1 Å². The molecule has 3 rings (SSSR count). The van der Waals surface area contributed by atoms with E-state index in [2.05, 4.69) is 0 Å². The minimum Gasteiger partial charge on any atom is -0.460 e. The van der Waals surface area contributed by atoms with Gasteiger partial charge in [0.1, 0.15) is 12.2 Å². The van der Waals surface area contributed by atoms with Crippen LogP contribution in [0.15, 0.2) is 24.3 Å². The van der Waals surface area contributed by atoms with Crippen LogP contribution >= 0.6 is 0 Å². The molecule has 1 saturated heterocycles. The fourth-order valence-electron chi connectivity index (χ4n) is 3.92. The van der Waals surface area contributed by atoms with Crippen LogP contribution in [0.25, 0.3) is 0 Å². The first-order valence-corrected chi connectivity index (χ1v) is 9.00. The lowest BCUT2D eigenvalue weighted by molar-refractivity contribution is -0.00728. The average Bonchev–Trinajstić information content (AvgIpc) is 3.11. The Morgan fingerprint density at radius 3 is 2.68 bits per heavy atom. The second kappa shape index (κ2) is 6.70. The molecule has 0 aromatic heterocycles. The third-order valence-electron chi connectivity index (χ3n) is 4.98. The molecule has 3 atom stereocenters. The number of nitrogens with zero attached hydrogens (tertiary/aromatic N) is 1.